The molecule has 1 aliphatic rings. The molecule has 0 N–H and O–H groups in total. The molecule has 6 heteroatoms. The second kappa shape index (κ2) is 10.3. The van der Waals surface area contributed by atoms with Crippen molar-refractivity contribution in [2.45, 2.75) is 84.8 Å². The molecule has 0 aliphatic carbocycles. The van der Waals surface area contributed by atoms with E-state index in [-0.39, 0.29) is 10.8 Å². The normalized spacial score (nSPS) is 17.9. The van der Waals surface area contributed by atoms with Crippen molar-refractivity contribution in [3.63, 3.8) is 0 Å². The van der Waals surface area contributed by atoms with Crippen molar-refractivity contribution in [3.8, 4) is 0 Å². The molecule has 1 saturated heterocycles. The molecule has 0 atom stereocenters. The molecule has 0 aromatic heterocycles. The van der Waals surface area contributed by atoms with E-state index in [2.05, 4.69) is 25.2 Å². The van der Waals surface area contributed by atoms with E-state index in [1.807, 2.05) is 41.7 Å². The summed E-state index contributed by atoms with van der Waals surface area (Å²) in [6.07, 6.45) is 2.84. The van der Waals surface area contributed by atoms with Crippen molar-refractivity contribution in [1.29, 1.82) is 0 Å². The first-order valence-corrected chi connectivity index (χ1v) is 9.21. The van der Waals surface area contributed by atoms with Gasteiger partial charge in [-0.15, -0.1) is 0 Å². The van der Waals surface area contributed by atoms with Crippen LogP contribution in [0.15, 0.2) is 4.40 Å². The molecule has 0 spiro atoms. The number of nitrogens with zero attached hydrogens (tertiary/aromatic N) is 2. The van der Waals surface area contributed by atoms with Gasteiger partial charge in [-0.3, -0.25) is 0 Å². The van der Waals surface area contributed by atoms with Crippen LogP contribution in [0.25, 0.3) is 0 Å². The number of hydrogen-bond acceptors (Lipinski definition) is 4. The Bertz CT molecular complexity index is 387. The Labute approximate surface area is 148 Å². The van der Waals surface area contributed by atoms with Crippen LogP contribution >= 0.6 is 11.9 Å². The number of carbonyl (C=O) groups excluding carboxylic acids is 1. The van der Waals surface area contributed by atoms with Gasteiger partial charge < -0.3 is 9.64 Å². The number of amides is 1. The Morgan fingerprint density at radius 3 is 2.22 bits per heavy atom. The van der Waals surface area contributed by atoms with Crippen LogP contribution in [0.3, 0.4) is 0 Å². The van der Waals surface area contributed by atoms with Crippen molar-refractivity contribution in [3.05, 3.63) is 0 Å². The Balaban J connectivity index is 0.00000149. The van der Waals surface area contributed by atoms with E-state index in [1.165, 1.54) is 0 Å². The summed E-state index contributed by atoms with van der Waals surface area (Å²) >= 11 is 1.59. The molecule has 1 fully saturated rings. The zero-order valence-electron chi connectivity index (χ0n) is 16.2. The lowest BCUT2D eigenvalue weighted by Crippen LogP contribution is -2.39. The highest BCUT2D eigenvalue weighted by atomic mass is 32.2. The molecule has 1 radical (unpaired) electrons. The summed E-state index contributed by atoms with van der Waals surface area (Å²) in [5.41, 5.74) is 0.647. The van der Waals surface area contributed by atoms with Crippen molar-refractivity contribution in [2.24, 2.45) is 4.40 Å². The van der Waals surface area contributed by atoms with Crippen LogP contribution in [-0.4, -0.2) is 47.4 Å². The third-order valence-electron chi connectivity index (χ3n) is 2.62. The molecule has 0 aromatic carbocycles. The minimum atomic E-state index is -0.444. The molecule has 1 aliphatic heterocycles. The third kappa shape index (κ3) is 12.4. The van der Waals surface area contributed by atoms with E-state index in [4.69, 9.17) is 4.74 Å². The van der Waals surface area contributed by atoms with E-state index in [1.54, 1.807) is 16.8 Å². The summed E-state index contributed by atoms with van der Waals surface area (Å²) in [6.45, 7) is 17.5. The Hall–Kier alpha value is -0.645. The highest BCUT2D eigenvalue weighted by Crippen LogP contribution is 2.25. The lowest BCUT2D eigenvalue weighted by molar-refractivity contribution is 0.0281. The maximum Gasteiger partial charge on any atom is 0.410 e. The van der Waals surface area contributed by atoms with Crippen molar-refractivity contribution in [2.75, 3.05) is 13.1 Å². The van der Waals surface area contributed by atoms with Gasteiger partial charge in [-0.05, 0) is 72.8 Å². The number of ether oxygens (including phenoxy) is 1. The molecule has 133 valence electrons. The largest absolute Gasteiger partial charge is 0.444 e. The zero-order valence-corrected chi connectivity index (χ0v) is 17.0. The van der Waals surface area contributed by atoms with Gasteiger partial charge in [-0.25, -0.2) is 9.19 Å². The van der Waals surface area contributed by atoms with E-state index < -0.39 is 5.60 Å². The average Bonchev–Trinajstić information content (AvgIpc) is 2.60. The summed E-state index contributed by atoms with van der Waals surface area (Å²) in [5.74, 6) is 0. The number of rotatable bonds is 1. The Morgan fingerprint density at radius 2 is 1.74 bits per heavy atom. The van der Waals surface area contributed by atoms with Crippen LogP contribution in [0.4, 0.5) is 4.79 Å². The third-order valence-corrected chi connectivity index (χ3v) is 3.51. The summed E-state index contributed by atoms with van der Waals surface area (Å²) < 4.78 is 10.2. The molecule has 23 heavy (non-hydrogen) atoms. The van der Waals surface area contributed by atoms with Crippen molar-refractivity contribution in [1.82, 2.24) is 4.90 Å². The summed E-state index contributed by atoms with van der Waals surface area (Å²) in [4.78, 5) is 13.9. The van der Waals surface area contributed by atoms with Crippen molar-refractivity contribution >= 4 is 31.0 Å². The van der Waals surface area contributed by atoms with Crippen LogP contribution in [0, 0.1) is 0 Å². The van der Waals surface area contributed by atoms with E-state index in [0.717, 1.165) is 31.5 Å². The molecule has 1 heterocycles. The maximum absolute atomic E-state index is 12.2. The van der Waals surface area contributed by atoms with Gasteiger partial charge in [0.05, 0.1) is 6.54 Å². The lowest BCUT2D eigenvalue weighted by Gasteiger charge is -2.26. The molecule has 0 saturated carbocycles. The van der Waals surface area contributed by atoms with E-state index in [9.17, 15) is 4.79 Å². The molecular formula is C17H34BN2O2S. The monoisotopic (exact) mass is 341 g/mol. The zero-order chi connectivity index (χ0) is 18.1. The highest BCUT2D eigenvalue weighted by Gasteiger charge is 2.25. The number of hydrogen-bond donors (Lipinski definition) is 0. The van der Waals surface area contributed by atoms with Gasteiger partial charge in [0.25, 0.3) is 0 Å². The van der Waals surface area contributed by atoms with Gasteiger partial charge in [-0.2, -0.15) is 0 Å². The maximum atomic E-state index is 12.2. The second-order valence-electron chi connectivity index (χ2n) is 7.80. The summed E-state index contributed by atoms with van der Waals surface area (Å²) in [7, 11) is 2.00. The van der Waals surface area contributed by atoms with Crippen LogP contribution in [0.5, 0.6) is 0 Å². The molecule has 0 unspecified atom stereocenters. The first-order chi connectivity index (χ1) is 10.5. The van der Waals surface area contributed by atoms with Gasteiger partial charge in [-0.1, -0.05) is 13.6 Å². The van der Waals surface area contributed by atoms with E-state index >= 15 is 0 Å². The highest BCUT2D eigenvalue weighted by molar-refractivity contribution is 7.99. The lowest BCUT2D eigenvalue weighted by atomic mass is 9.88. The fourth-order valence-electron chi connectivity index (χ4n) is 1.77. The Kier molecular flexibility index (Phi) is 9.98. The minimum Gasteiger partial charge on any atom is -0.444 e. The quantitative estimate of drug-likeness (QED) is 0.493. The predicted molar refractivity (Wildman–Crippen MR) is 104 cm³/mol. The molecule has 1 rings (SSSR count). The fourth-order valence-corrected chi connectivity index (χ4v) is 2.32. The van der Waals surface area contributed by atoms with Gasteiger partial charge in [0.15, 0.2) is 0 Å². The Morgan fingerprint density at radius 1 is 1.17 bits per heavy atom. The standard InChI is InChI=1S/C15H28N2O2S.C2H6B/c1-14(2,3)19-13(18)17-10-8-7-9-12(11-17)16-20-15(4,5)6;1-3-2/h7-11H2,1-6H3;1-2H3/b16-12+;. The smallest absolute Gasteiger partial charge is 0.410 e. The predicted octanol–water partition coefficient (Wildman–Crippen LogP) is 5.08. The molecular weight excluding hydrogens is 307 g/mol. The SMILES string of the molecule is CC(C)(C)OC(=O)N1CCCC/C(=N\SC(C)(C)C)C1.C[B]C. The minimum absolute atomic E-state index is 0.107. The summed E-state index contributed by atoms with van der Waals surface area (Å²) in [6, 6.07) is 0. The van der Waals surface area contributed by atoms with Crippen LogP contribution in [0.2, 0.25) is 13.6 Å². The molecule has 1 amide bonds. The topological polar surface area (TPSA) is 41.9 Å². The second-order valence-corrected chi connectivity index (χ2v) is 9.39. The van der Waals surface area contributed by atoms with E-state index in [0.29, 0.717) is 6.54 Å². The van der Waals surface area contributed by atoms with Gasteiger partial charge in [0.2, 0.25) is 0 Å². The van der Waals surface area contributed by atoms with Gasteiger partial charge in [0, 0.05) is 17.0 Å². The van der Waals surface area contributed by atoms with Crippen LogP contribution < -0.4 is 0 Å². The summed E-state index contributed by atoms with van der Waals surface area (Å²) in [5, 5.41) is 0. The molecule has 0 bridgehead atoms. The fraction of sp³-hybridized carbons (Fsp3) is 0.882. The van der Waals surface area contributed by atoms with Crippen LogP contribution in [0.1, 0.15) is 60.8 Å². The molecule has 4 nitrogen and oxygen atoms in total. The number of likely N-dealkylation sites (tertiary alicyclic amines) is 1. The first kappa shape index (κ1) is 22.4. The van der Waals surface area contributed by atoms with Gasteiger partial charge in [0.1, 0.15) is 12.9 Å². The van der Waals surface area contributed by atoms with Crippen LogP contribution in [-0.2, 0) is 4.74 Å². The first-order valence-electron chi connectivity index (χ1n) is 8.44. The average molecular weight is 341 g/mol. The number of carbonyl (C=O) groups is 1. The van der Waals surface area contributed by atoms with Gasteiger partial charge >= 0.3 is 6.09 Å². The van der Waals surface area contributed by atoms with Crippen molar-refractivity contribution < 1.29 is 9.53 Å². The molecule has 0 aromatic rings.